The number of aliphatic carboxylic acids is 2. The molecule has 0 spiro atoms. The summed E-state index contributed by atoms with van der Waals surface area (Å²) in [7, 11) is 0. The van der Waals surface area contributed by atoms with Crippen LogP contribution in [0, 0.1) is 0 Å². The molecule has 42 heavy (non-hydrogen) atoms. The molecule has 15 heteroatoms. The third kappa shape index (κ3) is 10.4. The number of aliphatic hydroxyl groups excluding tert-OH is 1. The number of hydrogen-bond donors (Lipinski definition) is 8. The molecule has 15 nitrogen and oxygen atoms in total. The Morgan fingerprint density at radius 3 is 2.19 bits per heavy atom. The third-order valence-electron chi connectivity index (χ3n) is 6.84. The monoisotopic (exact) mass is 592 g/mol. The topological polar surface area (TPSA) is 254 Å². The second-order valence-electron chi connectivity index (χ2n) is 10.1. The lowest BCUT2D eigenvalue weighted by Gasteiger charge is -2.30. The molecule has 1 aliphatic heterocycles. The minimum Gasteiger partial charge on any atom is -0.481 e. The summed E-state index contributed by atoms with van der Waals surface area (Å²) < 4.78 is 0. The third-order valence-corrected chi connectivity index (χ3v) is 6.84. The molecular formula is C27H40N6O9. The van der Waals surface area contributed by atoms with Crippen LogP contribution in [-0.2, 0) is 35.2 Å². The molecule has 0 unspecified atom stereocenters. The molecule has 0 aliphatic carbocycles. The molecule has 4 amide bonds. The van der Waals surface area contributed by atoms with Crippen molar-refractivity contribution in [1.29, 1.82) is 0 Å². The van der Waals surface area contributed by atoms with Gasteiger partial charge in [-0.05, 0) is 44.2 Å². The summed E-state index contributed by atoms with van der Waals surface area (Å²) >= 11 is 0. The van der Waals surface area contributed by atoms with Crippen LogP contribution >= 0.6 is 0 Å². The van der Waals surface area contributed by atoms with Gasteiger partial charge in [0, 0.05) is 13.0 Å². The number of carbonyl (C=O) groups excluding carboxylic acids is 4. The molecule has 232 valence electrons. The molecule has 1 aliphatic rings. The SMILES string of the molecule is NCCCC[C@H](NC(=O)[C@H](Cc1ccccc1)NC(=O)[C@@H]1CCCN1C(=O)[C@H](CC(=O)O)NC(=O)[C@@H](N)CO)C(=O)O. The summed E-state index contributed by atoms with van der Waals surface area (Å²) in [4.78, 5) is 76.5. The fourth-order valence-corrected chi connectivity index (χ4v) is 4.59. The average molecular weight is 593 g/mol. The number of carboxylic acids is 2. The number of nitrogens with one attached hydrogen (secondary N) is 3. The molecule has 0 aromatic heterocycles. The predicted octanol–water partition coefficient (Wildman–Crippen LogP) is -2.32. The Morgan fingerprint density at radius 1 is 0.929 bits per heavy atom. The second kappa shape index (κ2) is 17.0. The van der Waals surface area contributed by atoms with Crippen LogP contribution in [-0.4, -0.2) is 106 Å². The number of aliphatic hydroxyl groups is 1. The summed E-state index contributed by atoms with van der Waals surface area (Å²) in [5.41, 5.74) is 11.7. The standard InChI is InChI=1S/C27H40N6O9/c28-11-5-4-9-18(27(41)42)30-24(38)19(13-16-7-2-1-3-8-16)31-25(39)21-10-6-12-33(21)26(40)20(14-22(35)36)32-23(37)17(29)15-34/h1-3,7-8,17-21,34H,4-6,9-15,28-29H2,(H,30,38)(H,31,39)(H,32,37)(H,35,36)(H,41,42)/t17-,18-,19-,20-,21-/m0/s1. The molecule has 0 radical (unpaired) electrons. The Balaban J connectivity index is 2.23. The van der Waals surface area contributed by atoms with Crippen molar-refractivity contribution in [2.24, 2.45) is 11.5 Å². The van der Waals surface area contributed by atoms with Gasteiger partial charge in [-0.2, -0.15) is 0 Å². The molecule has 1 aromatic rings. The first-order valence-electron chi connectivity index (χ1n) is 13.7. The van der Waals surface area contributed by atoms with E-state index in [1.807, 2.05) is 0 Å². The van der Waals surface area contributed by atoms with E-state index in [1.54, 1.807) is 30.3 Å². The van der Waals surface area contributed by atoms with Crippen molar-refractivity contribution in [1.82, 2.24) is 20.9 Å². The Morgan fingerprint density at radius 2 is 1.60 bits per heavy atom. The van der Waals surface area contributed by atoms with E-state index in [1.165, 1.54) is 0 Å². The molecule has 0 bridgehead atoms. The molecular weight excluding hydrogens is 552 g/mol. The Labute approximate surface area is 243 Å². The van der Waals surface area contributed by atoms with Gasteiger partial charge in [0.15, 0.2) is 0 Å². The van der Waals surface area contributed by atoms with Crippen LogP contribution in [0.4, 0.5) is 0 Å². The smallest absolute Gasteiger partial charge is 0.326 e. The van der Waals surface area contributed by atoms with Crippen LogP contribution in [0.2, 0.25) is 0 Å². The minimum absolute atomic E-state index is 0.0327. The lowest BCUT2D eigenvalue weighted by molar-refractivity contribution is -0.146. The van der Waals surface area contributed by atoms with Crippen molar-refractivity contribution in [3.8, 4) is 0 Å². The van der Waals surface area contributed by atoms with E-state index in [4.69, 9.17) is 16.6 Å². The van der Waals surface area contributed by atoms with Crippen LogP contribution in [0.1, 0.15) is 44.1 Å². The lowest BCUT2D eigenvalue weighted by atomic mass is 10.0. The first-order chi connectivity index (χ1) is 20.0. The second-order valence-corrected chi connectivity index (χ2v) is 10.1. The number of rotatable bonds is 17. The fourth-order valence-electron chi connectivity index (χ4n) is 4.59. The zero-order chi connectivity index (χ0) is 31.2. The summed E-state index contributed by atoms with van der Waals surface area (Å²) in [5.74, 6) is -5.80. The van der Waals surface area contributed by atoms with Crippen molar-refractivity contribution in [3.05, 3.63) is 35.9 Å². The van der Waals surface area contributed by atoms with Crippen molar-refractivity contribution in [2.75, 3.05) is 19.7 Å². The van der Waals surface area contributed by atoms with Crippen molar-refractivity contribution in [2.45, 2.75) is 75.2 Å². The van der Waals surface area contributed by atoms with Crippen molar-refractivity contribution < 1.29 is 44.1 Å². The number of likely N-dealkylation sites (tertiary alicyclic amines) is 1. The highest BCUT2D eigenvalue weighted by molar-refractivity contribution is 5.97. The van der Waals surface area contributed by atoms with Gasteiger partial charge < -0.3 is 47.6 Å². The quantitative estimate of drug-likeness (QED) is 0.0891. The van der Waals surface area contributed by atoms with Crippen LogP contribution in [0.3, 0.4) is 0 Å². The van der Waals surface area contributed by atoms with Gasteiger partial charge in [-0.15, -0.1) is 0 Å². The normalized spacial score (nSPS) is 17.4. The maximum atomic E-state index is 13.4. The van der Waals surface area contributed by atoms with E-state index in [2.05, 4.69) is 16.0 Å². The van der Waals surface area contributed by atoms with Crippen molar-refractivity contribution >= 4 is 35.6 Å². The first-order valence-corrected chi connectivity index (χ1v) is 13.7. The molecule has 1 aromatic carbocycles. The van der Waals surface area contributed by atoms with Gasteiger partial charge in [-0.1, -0.05) is 30.3 Å². The van der Waals surface area contributed by atoms with Gasteiger partial charge >= 0.3 is 11.9 Å². The molecule has 1 heterocycles. The van der Waals surface area contributed by atoms with E-state index in [9.17, 15) is 39.0 Å². The predicted molar refractivity (Wildman–Crippen MR) is 149 cm³/mol. The maximum Gasteiger partial charge on any atom is 0.326 e. The maximum absolute atomic E-state index is 13.4. The van der Waals surface area contributed by atoms with Crippen LogP contribution in [0.15, 0.2) is 30.3 Å². The van der Waals surface area contributed by atoms with Crippen LogP contribution < -0.4 is 27.4 Å². The van der Waals surface area contributed by atoms with E-state index in [0.717, 1.165) is 4.90 Å². The average Bonchev–Trinajstić information content (AvgIpc) is 3.45. The van der Waals surface area contributed by atoms with Crippen LogP contribution in [0.5, 0.6) is 0 Å². The fraction of sp³-hybridized carbons (Fsp3) is 0.556. The number of benzene rings is 1. The lowest BCUT2D eigenvalue weighted by Crippen LogP contribution is -2.58. The van der Waals surface area contributed by atoms with Gasteiger partial charge in [0.25, 0.3) is 0 Å². The zero-order valence-electron chi connectivity index (χ0n) is 23.2. The van der Waals surface area contributed by atoms with E-state index in [-0.39, 0.29) is 25.8 Å². The summed E-state index contributed by atoms with van der Waals surface area (Å²) in [6.07, 6.45) is 1.04. The Hall–Kier alpha value is -4.08. The molecule has 0 saturated carbocycles. The van der Waals surface area contributed by atoms with Gasteiger partial charge in [-0.25, -0.2) is 4.79 Å². The number of nitrogens with zero attached hydrogens (tertiary/aromatic N) is 1. The molecule has 1 fully saturated rings. The minimum atomic E-state index is -1.55. The highest BCUT2D eigenvalue weighted by Crippen LogP contribution is 2.20. The van der Waals surface area contributed by atoms with E-state index in [0.29, 0.717) is 31.4 Å². The number of carboxylic acid groups (broad SMARTS) is 2. The molecule has 2 rings (SSSR count). The number of amides is 4. The first kappa shape index (κ1) is 34.1. The highest BCUT2D eigenvalue weighted by atomic mass is 16.4. The van der Waals surface area contributed by atoms with Crippen molar-refractivity contribution in [3.63, 3.8) is 0 Å². The highest BCUT2D eigenvalue weighted by Gasteiger charge is 2.40. The summed E-state index contributed by atoms with van der Waals surface area (Å²) in [5, 5.41) is 35.3. The van der Waals surface area contributed by atoms with Gasteiger partial charge in [0.2, 0.25) is 23.6 Å². The van der Waals surface area contributed by atoms with E-state index >= 15 is 0 Å². The molecule has 1 saturated heterocycles. The number of unbranched alkanes of at least 4 members (excludes halogenated alkanes) is 1. The molecule has 10 N–H and O–H groups in total. The van der Waals surface area contributed by atoms with E-state index < -0.39 is 78.8 Å². The molecule has 5 atom stereocenters. The Kier molecular flexibility index (Phi) is 13.8. The van der Waals surface area contributed by atoms with Gasteiger partial charge in [0.05, 0.1) is 13.0 Å². The number of hydrogen-bond acceptors (Lipinski definition) is 9. The Bertz CT molecular complexity index is 1100. The number of nitrogens with two attached hydrogens (primary N) is 2. The zero-order valence-corrected chi connectivity index (χ0v) is 23.2. The van der Waals surface area contributed by atoms with Gasteiger partial charge in [-0.3, -0.25) is 24.0 Å². The number of carbonyl (C=O) groups is 6. The summed E-state index contributed by atoms with van der Waals surface area (Å²) in [6.45, 7) is -0.267. The van der Waals surface area contributed by atoms with Gasteiger partial charge in [0.1, 0.15) is 30.2 Å². The summed E-state index contributed by atoms with van der Waals surface area (Å²) in [6, 6.07) is 2.35. The largest absolute Gasteiger partial charge is 0.481 e. The van der Waals surface area contributed by atoms with Crippen LogP contribution in [0.25, 0.3) is 0 Å².